The molecule has 96 valence electrons. The van der Waals surface area contributed by atoms with E-state index in [-0.39, 0.29) is 6.04 Å². The van der Waals surface area contributed by atoms with Crippen LogP contribution in [0.2, 0.25) is 0 Å². The van der Waals surface area contributed by atoms with Crippen molar-refractivity contribution in [3.05, 3.63) is 35.6 Å². The van der Waals surface area contributed by atoms with Crippen LogP contribution in [0, 0.1) is 12.8 Å². The van der Waals surface area contributed by atoms with Crippen molar-refractivity contribution in [2.24, 2.45) is 11.8 Å². The molecular formula is C15H20N2O. The number of hydrazine groups is 1. The van der Waals surface area contributed by atoms with Gasteiger partial charge < -0.3 is 4.42 Å². The number of furan rings is 1. The molecule has 0 bridgehead atoms. The zero-order valence-corrected chi connectivity index (χ0v) is 10.8. The number of aryl methyl sites for hydroxylation is 1. The van der Waals surface area contributed by atoms with Crippen molar-refractivity contribution < 1.29 is 4.42 Å². The maximum Gasteiger partial charge on any atom is 0.134 e. The number of benzene rings is 1. The molecule has 3 rings (SSSR count). The lowest BCUT2D eigenvalue weighted by Gasteiger charge is -2.12. The van der Waals surface area contributed by atoms with Crippen molar-refractivity contribution in [3.63, 3.8) is 0 Å². The minimum atomic E-state index is 0.137. The molecule has 1 aromatic carbocycles. The fourth-order valence-electron chi connectivity index (χ4n) is 2.47. The van der Waals surface area contributed by atoms with Gasteiger partial charge in [0.1, 0.15) is 11.3 Å². The summed E-state index contributed by atoms with van der Waals surface area (Å²) >= 11 is 0. The van der Waals surface area contributed by atoms with E-state index in [4.69, 9.17) is 10.3 Å². The number of hydrogen-bond donors (Lipinski definition) is 2. The van der Waals surface area contributed by atoms with Crippen LogP contribution in [-0.2, 0) is 0 Å². The minimum absolute atomic E-state index is 0.137. The molecule has 1 aliphatic carbocycles. The third-order valence-electron chi connectivity index (χ3n) is 3.80. The molecule has 0 aliphatic heterocycles. The molecule has 2 aromatic rings. The van der Waals surface area contributed by atoms with E-state index < -0.39 is 0 Å². The Hall–Kier alpha value is -1.32. The molecule has 0 radical (unpaired) electrons. The molecule has 1 unspecified atom stereocenters. The lowest BCUT2D eigenvalue weighted by atomic mass is 10.1. The largest absolute Gasteiger partial charge is 0.459 e. The van der Waals surface area contributed by atoms with Crippen molar-refractivity contribution in [1.82, 2.24) is 5.43 Å². The third-order valence-corrected chi connectivity index (χ3v) is 3.80. The van der Waals surface area contributed by atoms with Gasteiger partial charge in [-0.2, -0.15) is 0 Å². The van der Waals surface area contributed by atoms with Gasteiger partial charge in [-0.25, -0.2) is 5.43 Å². The van der Waals surface area contributed by atoms with Gasteiger partial charge >= 0.3 is 0 Å². The monoisotopic (exact) mass is 244 g/mol. The first kappa shape index (κ1) is 11.8. The second kappa shape index (κ2) is 4.75. The average Bonchev–Trinajstić information content (AvgIpc) is 3.09. The summed E-state index contributed by atoms with van der Waals surface area (Å²) in [4.78, 5) is 0. The Bertz CT molecular complexity index is 542. The molecule has 18 heavy (non-hydrogen) atoms. The zero-order chi connectivity index (χ0) is 12.5. The minimum Gasteiger partial charge on any atom is -0.459 e. The summed E-state index contributed by atoms with van der Waals surface area (Å²) in [6, 6.07) is 8.50. The van der Waals surface area contributed by atoms with Crippen LogP contribution in [0.5, 0.6) is 0 Å². The molecule has 1 atom stereocenters. The second-order valence-electron chi connectivity index (χ2n) is 5.43. The Morgan fingerprint density at radius 1 is 1.39 bits per heavy atom. The molecule has 0 spiro atoms. The van der Waals surface area contributed by atoms with E-state index in [2.05, 4.69) is 30.5 Å². The predicted molar refractivity (Wildman–Crippen MR) is 73.0 cm³/mol. The van der Waals surface area contributed by atoms with Gasteiger partial charge in [0.15, 0.2) is 0 Å². The number of nitrogens with one attached hydrogen (secondary N) is 1. The molecule has 1 saturated carbocycles. The fraction of sp³-hybridized carbons (Fsp3) is 0.467. The van der Waals surface area contributed by atoms with Gasteiger partial charge in [-0.1, -0.05) is 24.5 Å². The van der Waals surface area contributed by atoms with Crippen LogP contribution in [-0.4, -0.2) is 0 Å². The first-order valence-corrected chi connectivity index (χ1v) is 6.72. The second-order valence-corrected chi connectivity index (χ2v) is 5.43. The molecule has 3 nitrogen and oxygen atoms in total. The van der Waals surface area contributed by atoms with Crippen LogP contribution in [0.3, 0.4) is 0 Å². The fourth-order valence-corrected chi connectivity index (χ4v) is 2.47. The first-order valence-electron chi connectivity index (χ1n) is 6.72. The highest BCUT2D eigenvalue weighted by atomic mass is 16.3. The van der Waals surface area contributed by atoms with E-state index in [0.717, 1.165) is 29.1 Å². The smallest absolute Gasteiger partial charge is 0.134 e. The van der Waals surface area contributed by atoms with E-state index in [1.165, 1.54) is 24.8 Å². The number of fused-ring (bicyclic) bond motifs is 1. The Morgan fingerprint density at radius 3 is 2.94 bits per heavy atom. The molecule has 1 fully saturated rings. The van der Waals surface area contributed by atoms with E-state index in [9.17, 15) is 0 Å². The van der Waals surface area contributed by atoms with Gasteiger partial charge in [0.05, 0.1) is 6.04 Å². The molecule has 1 aromatic heterocycles. The van der Waals surface area contributed by atoms with E-state index in [1.807, 2.05) is 6.07 Å². The summed E-state index contributed by atoms with van der Waals surface area (Å²) < 4.78 is 5.89. The van der Waals surface area contributed by atoms with Crippen LogP contribution in [0.25, 0.3) is 11.0 Å². The molecule has 0 saturated heterocycles. The van der Waals surface area contributed by atoms with Gasteiger partial charge in [0.2, 0.25) is 0 Å². The van der Waals surface area contributed by atoms with E-state index >= 15 is 0 Å². The van der Waals surface area contributed by atoms with Crippen molar-refractivity contribution in [2.45, 2.75) is 38.6 Å². The van der Waals surface area contributed by atoms with Crippen molar-refractivity contribution >= 4 is 11.0 Å². The summed E-state index contributed by atoms with van der Waals surface area (Å²) in [5, 5.41) is 1.16. The highest BCUT2D eigenvalue weighted by Gasteiger charge is 2.24. The normalized spacial score (nSPS) is 17.2. The van der Waals surface area contributed by atoms with Gasteiger partial charge in [0, 0.05) is 5.39 Å². The number of nitrogens with two attached hydrogens (primary N) is 1. The van der Waals surface area contributed by atoms with Crippen LogP contribution >= 0.6 is 0 Å². The van der Waals surface area contributed by atoms with Crippen molar-refractivity contribution in [3.8, 4) is 0 Å². The predicted octanol–water partition coefficient (Wildman–Crippen LogP) is 3.44. The summed E-state index contributed by atoms with van der Waals surface area (Å²) in [6.07, 6.45) is 5.07. The molecular weight excluding hydrogens is 224 g/mol. The SMILES string of the molecule is Cc1ccc2oc(C(CCC3CC3)NN)cc2c1. The lowest BCUT2D eigenvalue weighted by molar-refractivity contribution is 0.401. The summed E-state index contributed by atoms with van der Waals surface area (Å²) in [6.45, 7) is 2.10. The van der Waals surface area contributed by atoms with Gasteiger partial charge in [-0.3, -0.25) is 5.84 Å². The van der Waals surface area contributed by atoms with Gasteiger partial charge in [-0.15, -0.1) is 0 Å². The van der Waals surface area contributed by atoms with Crippen LogP contribution in [0.15, 0.2) is 28.7 Å². The summed E-state index contributed by atoms with van der Waals surface area (Å²) in [5.41, 5.74) is 5.08. The third kappa shape index (κ3) is 2.42. The molecule has 0 amide bonds. The standard InChI is InChI=1S/C15H20N2O/c1-10-2-7-14-12(8-10)9-15(18-14)13(17-16)6-5-11-3-4-11/h2,7-9,11,13,17H,3-6,16H2,1H3. The Balaban J connectivity index is 1.81. The zero-order valence-electron chi connectivity index (χ0n) is 10.8. The quantitative estimate of drug-likeness (QED) is 0.625. The van der Waals surface area contributed by atoms with Gasteiger partial charge in [-0.05, 0) is 43.9 Å². The first-order chi connectivity index (χ1) is 8.76. The highest BCUT2D eigenvalue weighted by Crippen LogP contribution is 2.36. The van der Waals surface area contributed by atoms with E-state index in [0.29, 0.717) is 0 Å². The molecule has 1 aliphatic rings. The topological polar surface area (TPSA) is 51.2 Å². The Labute approximate surface area is 107 Å². The van der Waals surface area contributed by atoms with Crippen molar-refractivity contribution in [2.75, 3.05) is 0 Å². The van der Waals surface area contributed by atoms with Crippen LogP contribution in [0.4, 0.5) is 0 Å². The summed E-state index contributed by atoms with van der Waals surface area (Å²) in [5.74, 6) is 7.53. The van der Waals surface area contributed by atoms with Crippen LogP contribution < -0.4 is 11.3 Å². The number of hydrogen-bond acceptors (Lipinski definition) is 3. The Kier molecular flexibility index (Phi) is 3.10. The summed E-state index contributed by atoms with van der Waals surface area (Å²) in [7, 11) is 0. The van der Waals surface area contributed by atoms with Crippen LogP contribution in [0.1, 0.15) is 43.0 Å². The Morgan fingerprint density at radius 2 is 2.22 bits per heavy atom. The maximum atomic E-state index is 5.89. The van der Waals surface area contributed by atoms with Gasteiger partial charge in [0.25, 0.3) is 0 Å². The molecule has 1 heterocycles. The molecule has 3 heteroatoms. The maximum absolute atomic E-state index is 5.89. The highest BCUT2D eigenvalue weighted by molar-refractivity contribution is 5.78. The molecule has 3 N–H and O–H groups in total. The average molecular weight is 244 g/mol. The van der Waals surface area contributed by atoms with E-state index in [1.54, 1.807) is 0 Å². The van der Waals surface area contributed by atoms with Crippen molar-refractivity contribution in [1.29, 1.82) is 0 Å². The number of rotatable bonds is 5. The lowest BCUT2D eigenvalue weighted by Crippen LogP contribution is -2.27.